The third-order valence-electron chi connectivity index (χ3n) is 3.43. The van der Waals surface area contributed by atoms with E-state index >= 15 is 0 Å². The third kappa shape index (κ3) is 6.30. The van der Waals surface area contributed by atoms with Gasteiger partial charge in [-0.25, -0.2) is 4.79 Å². The van der Waals surface area contributed by atoms with Gasteiger partial charge in [-0.05, 0) is 33.8 Å². The number of amides is 3. The first-order chi connectivity index (χ1) is 10.6. The molecule has 1 rings (SSSR count). The predicted molar refractivity (Wildman–Crippen MR) is 86.8 cm³/mol. The van der Waals surface area contributed by atoms with Gasteiger partial charge in [0.05, 0.1) is 0 Å². The largest absolute Gasteiger partial charge is 0.444 e. The normalized spacial score (nSPS) is 18.3. The molecule has 0 spiro atoms. The molecule has 130 valence electrons. The molecule has 1 saturated heterocycles. The summed E-state index contributed by atoms with van der Waals surface area (Å²) in [6, 6.07) is -0.106. The minimum Gasteiger partial charge on any atom is -0.444 e. The number of rotatable bonds is 4. The molecule has 1 N–H and O–H groups in total. The zero-order chi connectivity index (χ0) is 17.6. The van der Waals surface area contributed by atoms with Crippen LogP contribution in [0.4, 0.5) is 4.79 Å². The van der Waals surface area contributed by atoms with Crippen molar-refractivity contribution in [3.8, 4) is 0 Å². The minimum atomic E-state index is -0.535. The van der Waals surface area contributed by atoms with Crippen LogP contribution in [0.3, 0.4) is 0 Å². The summed E-state index contributed by atoms with van der Waals surface area (Å²) in [6.45, 7) is 12.4. The molecule has 7 nitrogen and oxygen atoms in total. The van der Waals surface area contributed by atoms with Crippen molar-refractivity contribution in [2.24, 2.45) is 0 Å². The second kappa shape index (κ2) is 7.99. The van der Waals surface area contributed by atoms with Crippen LogP contribution in [0.1, 0.15) is 34.1 Å². The number of carbonyl (C=O) groups is 3. The molecule has 1 aliphatic heterocycles. The Hall–Kier alpha value is -2.05. The quantitative estimate of drug-likeness (QED) is 0.786. The van der Waals surface area contributed by atoms with Crippen LogP contribution >= 0.6 is 0 Å². The minimum absolute atomic E-state index is 0.0370. The molecule has 1 fully saturated rings. The van der Waals surface area contributed by atoms with E-state index in [4.69, 9.17) is 4.74 Å². The Morgan fingerprint density at radius 2 is 1.96 bits per heavy atom. The molecule has 1 heterocycles. The molecule has 23 heavy (non-hydrogen) atoms. The first kappa shape index (κ1) is 19.0. The number of nitrogens with zero attached hydrogens (tertiary/aromatic N) is 2. The zero-order valence-electron chi connectivity index (χ0n) is 14.4. The summed E-state index contributed by atoms with van der Waals surface area (Å²) in [5.41, 5.74) is -0.535. The van der Waals surface area contributed by atoms with Crippen molar-refractivity contribution in [1.29, 1.82) is 0 Å². The van der Waals surface area contributed by atoms with Gasteiger partial charge in [-0.2, -0.15) is 0 Å². The fraction of sp³-hybridized carbons (Fsp3) is 0.688. The van der Waals surface area contributed by atoms with Gasteiger partial charge in [0.15, 0.2) is 0 Å². The highest BCUT2D eigenvalue weighted by atomic mass is 16.6. The van der Waals surface area contributed by atoms with Crippen LogP contribution in [0.5, 0.6) is 0 Å². The standard InChI is InChI=1S/C16H27N3O4/c1-6-13(20)17-8-7-14(21)18-9-10-19(12(2)11-18)15(22)23-16(3,4)5/h6,12H,1,7-11H2,2-5H3,(H,17,20). The second-order valence-electron chi connectivity index (χ2n) is 6.61. The fourth-order valence-electron chi connectivity index (χ4n) is 2.30. The molecule has 0 aromatic heterocycles. The van der Waals surface area contributed by atoms with E-state index in [2.05, 4.69) is 11.9 Å². The van der Waals surface area contributed by atoms with E-state index in [1.54, 1.807) is 9.80 Å². The number of hydrogen-bond acceptors (Lipinski definition) is 4. The topological polar surface area (TPSA) is 79.0 Å². The maximum Gasteiger partial charge on any atom is 0.410 e. The van der Waals surface area contributed by atoms with Crippen LogP contribution in [-0.2, 0) is 14.3 Å². The highest BCUT2D eigenvalue weighted by Crippen LogP contribution is 2.16. The summed E-state index contributed by atoms with van der Waals surface area (Å²) in [4.78, 5) is 38.7. The lowest BCUT2D eigenvalue weighted by Gasteiger charge is -2.40. The highest BCUT2D eigenvalue weighted by Gasteiger charge is 2.32. The Bertz CT molecular complexity index is 470. The molecule has 1 unspecified atom stereocenters. The summed E-state index contributed by atoms with van der Waals surface area (Å²) in [5.74, 6) is -0.328. The molecular formula is C16H27N3O4. The molecular weight excluding hydrogens is 298 g/mol. The zero-order valence-corrected chi connectivity index (χ0v) is 14.4. The van der Waals surface area contributed by atoms with E-state index in [1.807, 2.05) is 27.7 Å². The molecule has 0 saturated carbocycles. The molecule has 0 radical (unpaired) electrons. The van der Waals surface area contributed by atoms with Gasteiger partial charge in [0.1, 0.15) is 5.60 Å². The molecule has 0 bridgehead atoms. The van der Waals surface area contributed by atoms with Gasteiger partial charge in [-0.1, -0.05) is 6.58 Å². The fourth-order valence-corrected chi connectivity index (χ4v) is 2.30. The van der Waals surface area contributed by atoms with Crippen LogP contribution in [0.2, 0.25) is 0 Å². The Morgan fingerprint density at radius 1 is 1.30 bits per heavy atom. The molecule has 1 aliphatic rings. The predicted octanol–water partition coefficient (Wildman–Crippen LogP) is 1.15. The molecule has 7 heteroatoms. The van der Waals surface area contributed by atoms with Crippen molar-refractivity contribution >= 4 is 17.9 Å². The van der Waals surface area contributed by atoms with Crippen LogP contribution in [0.25, 0.3) is 0 Å². The van der Waals surface area contributed by atoms with Gasteiger partial charge in [0.2, 0.25) is 11.8 Å². The summed E-state index contributed by atoms with van der Waals surface area (Å²) < 4.78 is 5.37. The first-order valence-corrected chi connectivity index (χ1v) is 7.81. The molecule has 0 aromatic rings. The first-order valence-electron chi connectivity index (χ1n) is 7.81. The number of nitrogens with one attached hydrogen (secondary N) is 1. The Morgan fingerprint density at radius 3 is 2.48 bits per heavy atom. The lowest BCUT2D eigenvalue weighted by Crippen LogP contribution is -2.56. The number of hydrogen-bond donors (Lipinski definition) is 1. The monoisotopic (exact) mass is 325 g/mol. The molecule has 0 aromatic carbocycles. The van der Waals surface area contributed by atoms with Crippen molar-refractivity contribution in [1.82, 2.24) is 15.1 Å². The highest BCUT2D eigenvalue weighted by molar-refractivity contribution is 5.87. The lowest BCUT2D eigenvalue weighted by molar-refractivity contribution is -0.134. The summed E-state index contributed by atoms with van der Waals surface area (Å²) in [6.07, 6.45) is 1.06. The van der Waals surface area contributed by atoms with Gasteiger partial charge in [-0.3, -0.25) is 9.59 Å². The van der Waals surface area contributed by atoms with Crippen molar-refractivity contribution in [2.45, 2.75) is 45.8 Å². The molecule has 1 atom stereocenters. The summed E-state index contributed by atoms with van der Waals surface area (Å²) in [7, 11) is 0. The molecule has 0 aliphatic carbocycles. The number of piperazine rings is 1. The van der Waals surface area contributed by atoms with Crippen molar-refractivity contribution in [3.63, 3.8) is 0 Å². The Labute approximate surface area is 137 Å². The van der Waals surface area contributed by atoms with Crippen molar-refractivity contribution in [2.75, 3.05) is 26.2 Å². The summed E-state index contributed by atoms with van der Waals surface area (Å²) in [5, 5.41) is 2.58. The van der Waals surface area contributed by atoms with E-state index < -0.39 is 5.60 Å². The van der Waals surface area contributed by atoms with E-state index in [-0.39, 0.29) is 36.9 Å². The van der Waals surface area contributed by atoms with Gasteiger partial charge in [0.25, 0.3) is 0 Å². The Balaban J connectivity index is 2.45. The van der Waals surface area contributed by atoms with Crippen molar-refractivity contribution < 1.29 is 19.1 Å². The molecule has 3 amide bonds. The van der Waals surface area contributed by atoms with Crippen LogP contribution in [0.15, 0.2) is 12.7 Å². The number of ether oxygens (including phenoxy) is 1. The van der Waals surface area contributed by atoms with Crippen molar-refractivity contribution in [3.05, 3.63) is 12.7 Å². The van der Waals surface area contributed by atoms with Crippen LogP contribution < -0.4 is 5.32 Å². The summed E-state index contributed by atoms with van der Waals surface area (Å²) >= 11 is 0. The smallest absolute Gasteiger partial charge is 0.410 e. The van der Waals surface area contributed by atoms with Gasteiger partial charge in [0, 0.05) is 38.6 Å². The van der Waals surface area contributed by atoms with Crippen LogP contribution in [-0.4, -0.2) is 65.5 Å². The van der Waals surface area contributed by atoms with E-state index in [9.17, 15) is 14.4 Å². The Kier molecular flexibility index (Phi) is 6.60. The van der Waals surface area contributed by atoms with E-state index in [0.29, 0.717) is 19.6 Å². The third-order valence-corrected chi connectivity index (χ3v) is 3.43. The van der Waals surface area contributed by atoms with Gasteiger partial charge < -0.3 is 19.9 Å². The lowest BCUT2D eigenvalue weighted by atomic mass is 10.2. The van der Waals surface area contributed by atoms with E-state index in [0.717, 1.165) is 0 Å². The maximum absolute atomic E-state index is 12.1. The van der Waals surface area contributed by atoms with Crippen LogP contribution in [0, 0.1) is 0 Å². The maximum atomic E-state index is 12.1. The van der Waals surface area contributed by atoms with Gasteiger partial charge in [-0.15, -0.1) is 0 Å². The average Bonchev–Trinajstić information content (AvgIpc) is 2.44. The van der Waals surface area contributed by atoms with Gasteiger partial charge >= 0.3 is 6.09 Å². The average molecular weight is 325 g/mol. The second-order valence-corrected chi connectivity index (χ2v) is 6.61. The van der Waals surface area contributed by atoms with E-state index in [1.165, 1.54) is 6.08 Å². The number of carbonyl (C=O) groups excluding carboxylic acids is 3. The SMILES string of the molecule is C=CC(=O)NCCC(=O)N1CCN(C(=O)OC(C)(C)C)C(C)C1.